The third-order valence-corrected chi connectivity index (χ3v) is 4.06. The molecule has 6 heteroatoms. The molecule has 1 N–H and O–H groups in total. The highest BCUT2D eigenvalue weighted by Crippen LogP contribution is 2.32. The molecule has 2 heterocycles. The molecule has 1 aliphatic rings. The minimum atomic E-state index is 0.402. The number of imidazole rings is 1. The van der Waals surface area contributed by atoms with Gasteiger partial charge >= 0.3 is 0 Å². The van der Waals surface area contributed by atoms with Crippen LogP contribution in [0.5, 0.6) is 0 Å². The molecular formula is C14H21N5O. The summed E-state index contributed by atoms with van der Waals surface area (Å²) in [5.41, 5.74) is 0.890. The van der Waals surface area contributed by atoms with E-state index in [-0.39, 0.29) is 0 Å². The van der Waals surface area contributed by atoms with Gasteiger partial charge in [-0.25, -0.2) is 4.98 Å². The summed E-state index contributed by atoms with van der Waals surface area (Å²) in [5, 5.41) is 7.60. The van der Waals surface area contributed by atoms with Gasteiger partial charge in [0.1, 0.15) is 5.69 Å². The van der Waals surface area contributed by atoms with Gasteiger partial charge in [0.15, 0.2) is 0 Å². The molecule has 0 saturated heterocycles. The van der Waals surface area contributed by atoms with Crippen molar-refractivity contribution in [2.24, 2.45) is 7.05 Å². The van der Waals surface area contributed by atoms with Crippen molar-refractivity contribution in [1.82, 2.24) is 25.0 Å². The van der Waals surface area contributed by atoms with Crippen molar-refractivity contribution in [3.8, 4) is 11.5 Å². The average molecular weight is 275 g/mol. The highest BCUT2D eigenvalue weighted by atomic mass is 16.5. The van der Waals surface area contributed by atoms with Crippen molar-refractivity contribution in [2.45, 2.75) is 44.6 Å². The lowest BCUT2D eigenvalue weighted by atomic mass is 9.86. The molecule has 0 aliphatic heterocycles. The second kappa shape index (κ2) is 5.75. The first kappa shape index (κ1) is 13.3. The molecule has 108 valence electrons. The van der Waals surface area contributed by atoms with Crippen LogP contribution in [0.1, 0.15) is 44.4 Å². The molecule has 1 saturated carbocycles. The molecule has 0 atom stereocenters. The zero-order valence-electron chi connectivity index (χ0n) is 12.0. The van der Waals surface area contributed by atoms with Crippen LogP contribution in [0.2, 0.25) is 0 Å². The van der Waals surface area contributed by atoms with Crippen molar-refractivity contribution in [3.63, 3.8) is 0 Å². The summed E-state index contributed by atoms with van der Waals surface area (Å²) in [6, 6.07) is 0.649. The van der Waals surface area contributed by atoms with E-state index in [1.54, 1.807) is 12.5 Å². The standard InChI is InChI=1S/C14H21N5O/c1-3-16-11-6-4-10(5-7-11)14-17-13(18-20-14)12-8-15-9-19(12)2/h8-11,16H,3-7H2,1-2H3. The first-order valence-corrected chi connectivity index (χ1v) is 7.31. The van der Waals surface area contributed by atoms with Gasteiger partial charge in [0.2, 0.25) is 11.7 Å². The van der Waals surface area contributed by atoms with E-state index in [9.17, 15) is 0 Å². The fourth-order valence-electron chi connectivity index (χ4n) is 2.91. The zero-order valence-corrected chi connectivity index (χ0v) is 12.0. The van der Waals surface area contributed by atoms with Gasteiger partial charge in [0.25, 0.3) is 0 Å². The summed E-state index contributed by atoms with van der Waals surface area (Å²) >= 11 is 0. The van der Waals surface area contributed by atoms with E-state index in [0.29, 0.717) is 17.8 Å². The van der Waals surface area contributed by atoms with Gasteiger partial charge in [0, 0.05) is 19.0 Å². The normalized spacial score (nSPS) is 23.1. The Morgan fingerprint density at radius 1 is 1.35 bits per heavy atom. The number of aromatic nitrogens is 4. The van der Waals surface area contributed by atoms with Crippen molar-refractivity contribution < 1.29 is 4.52 Å². The van der Waals surface area contributed by atoms with Crippen LogP contribution < -0.4 is 5.32 Å². The molecule has 0 spiro atoms. The third kappa shape index (κ3) is 2.60. The minimum Gasteiger partial charge on any atom is -0.339 e. The number of nitrogens with zero attached hydrogens (tertiary/aromatic N) is 4. The number of hydrogen-bond acceptors (Lipinski definition) is 5. The van der Waals surface area contributed by atoms with E-state index in [2.05, 4.69) is 27.4 Å². The second-order valence-corrected chi connectivity index (χ2v) is 5.45. The van der Waals surface area contributed by atoms with Crippen LogP contribution in [0.4, 0.5) is 0 Å². The molecule has 6 nitrogen and oxygen atoms in total. The Labute approximate surface area is 118 Å². The molecule has 3 rings (SSSR count). The molecule has 2 aromatic heterocycles. The molecule has 0 bridgehead atoms. The van der Waals surface area contributed by atoms with Gasteiger partial charge < -0.3 is 14.4 Å². The molecule has 0 amide bonds. The van der Waals surface area contributed by atoms with E-state index in [1.807, 2.05) is 11.6 Å². The highest BCUT2D eigenvalue weighted by Gasteiger charge is 2.26. The number of nitrogens with one attached hydrogen (secondary N) is 1. The fraction of sp³-hybridized carbons (Fsp3) is 0.643. The lowest BCUT2D eigenvalue weighted by Gasteiger charge is -2.26. The molecule has 1 aliphatic carbocycles. The largest absolute Gasteiger partial charge is 0.339 e. The van der Waals surface area contributed by atoms with E-state index < -0.39 is 0 Å². The quantitative estimate of drug-likeness (QED) is 0.925. The monoisotopic (exact) mass is 275 g/mol. The maximum atomic E-state index is 5.46. The Bertz CT molecular complexity index is 553. The van der Waals surface area contributed by atoms with Gasteiger partial charge in [-0.15, -0.1) is 0 Å². The van der Waals surface area contributed by atoms with Crippen molar-refractivity contribution in [3.05, 3.63) is 18.4 Å². The highest BCUT2D eigenvalue weighted by molar-refractivity contribution is 5.47. The maximum Gasteiger partial charge on any atom is 0.230 e. The number of hydrogen-bond donors (Lipinski definition) is 1. The van der Waals surface area contributed by atoms with Crippen LogP contribution in [0.15, 0.2) is 17.0 Å². The Kier molecular flexibility index (Phi) is 3.82. The lowest BCUT2D eigenvalue weighted by Crippen LogP contribution is -2.32. The van der Waals surface area contributed by atoms with Gasteiger partial charge in [-0.3, -0.25) is 0 Å². The Morgan fingerprint density at radius 2 is 2.15 bits per heavy atom. The summed E-state index contributed by atoms with van der Waals surface area (Å²) < 4.78 is 7.36. The molecule has 0 radical (unpaired) electrons. The van der Waals surface area contributed by atoms with Crippen molar-refractivity contribution >= 4 is 0 Å². The van der Waals surface area contributed by atoms with E-state index in [1.165, 1.54) is 12.8 Å². The second-order valence-electron chi connectivity index (χ2n) is 5.45. The van der Waals surface area contributed by atoms with Gasteiger partial charge in [-0.2, -0.15) is 4.98 Å². The Balaban J connectivity index is 1.68. The summed E-state index contributed by atoms with van der Waals surface area (Å²) in [4.78, 5) is 8.63. The summed E-state index contributed by atoms with van der Waals surface area (Å²) in [6.45, 7) is 3.20. The van der Waals surface area contributed by atoms with E-state index >= 15 is 0 Å². The minimum absolute atomic E-state index is 0.402. The van der Waals surface area contributed by atoms with Crippen LogP contribution in [0.3, 0.4) is 0 Å². The Hall–Kier alpha value is -1.69. The van der Waals surface area contributed by atoms with Crippen LogP contribution in [-0.4, -0.2) is 32.3 Å². The summed E-state index contributed by atoms with van der Waals surface area (Å²) in [7, 11) is 1.93. The van der Waals surface area contributed by atoms with E-state index in [4.69, 9.17) is 4.52 Å². The van der Waals surface area contributed by atoms with Crippen LogP contribution >= 0.6 is 0 Å². The predicted molar refractivity (Wildman–Crippen MR) is 75.2 cm³/mol. The first-order chi connectivity index (χ1) is 9.78. The summed E-state index contributed by atoms with van der Waals surface area (Å²) in [6.07, 6.45) is 8.10. The SMILES string of the molecule is CCNC1CCC(c2nc(-c3cncn3C)no2)CC1. The van der Waals surface area contributed by atoms with Crippen LogP contribution in [0.25, 0.3) is 11.5 Å². The topological polar surface area (TPSA) is 68.8 Å². The van der Waals surface area contributed by atoms with Crippen LogP contribution in [-0.2, 0) is 7.05 Å². The number of aryl methyl sites for hydroxylation is 1. The molecule has 2 aromatic rings. The number of rotatable bonds is 4. The van der Waals surface area contributed by atoms with Crippen LogP contribution in [0, 0.1) is 0 Å². The summed E-state index contributed by atoms with van der Waals surface area (Å²) in [5.74, 6) is 1.81. The third-order valence-electron chi connectivity index (χ3n) is 4.06. The predicted octanol–water partition coefficient (Wildman–Crippen LogP) is 2.11. The molecule has 0 unspecified atom stereocenters. The molecule has 0 aromatic carbocycles. The van der Waals surface area contributed by atoms with Gasteiger partial charge in [0.05, 0.1) is 12.5 Å². The average Bonchev–Trinajstić information content (AvgIpc) is 3.08. The molecular weight excluding hydrogens is 254 g/mol. The van der Waals surface area contributed by atoms with Gasteiger partial charge in [-0.1, -0.05) is 12.1 Å². The Morgan fingerprint density at radius 3 is 2.80 bits per heavy atom. The van der Waals surface area contributed by atoms with E-state index in [0.717, 1.165) is 31.0 Å². The molecule has 1 fully saturated rings. The maximum absolute atomic E-state index is 5.46. The fourth-order valence-corrected chi connectivity index (χ4v) is 2.91. The van der Waals surface area contributed by atoms with Crippen molar-refractivity contribution in [1.29, 1.82) is 0 Å². The smallest absolute Gasteiger partial charge is 0.230 e. The first-order valence-electron chi connectivity index (χ1n) is 7.31. The van der Waals surface area contributed by atoms with Gasteiger partial charge in [-0.05, 0) is 32.2 Å². The lowest BCUT2D eigenvalue weighted by molar-refractivity contribution is 0.284. The zero-order chi connectivity index (χ0) is 13.9. The van der Waals surface area contributed by atoms with Crippen molar-refractivity contribution in [2.75, 3.05) is 6.54 Å². The molecule has 20 heavy (non-hydrogen) atoms.